The highest BCUT2D eigenvalue weighted by molar-refractivity contribution is 6.31. The minimum Gasteiger partial charge on any atom is -0.452 e. The third-order valence-electron chi connectivity index (χ3n) is 3.58. The van der Waals surface area contributed by atoms with Crippen LogP contribution in [0.5, 0.6) is 0 Å². The van der Waals surface area contributed by atoms with Gasteiger partial charge in [-0.25, -0.2) is 4.79 Å². The Morgan fingerprint density at radius 1 is 1.16 bits per heavy atom. The van der Waals surface area contributed by atoms with Crippen molar-refractivity contribution in [1.82, 2.24) is 0 Å². The molecule has 0 unspecified atom stereocenters. The average molecular weight is 361 g/mol. The second-order valence-corrected chi connectivity index (χ2v) is 7.09. The Bertz CT molecular complexity index is 797. The third-order valence-corrected chi connectivity index (χ3v) is 3.81. The largest absolute Gasteiger partial charge is 0.452 e. The van der Waals surface area contributed by atoms with Crippen LogP contribution in [0.15, 0.2) is 42.5 Å². The Labute approximate surface area is 152 Å². The first kappa shape index (κ1) is 18.8. The highest BCUT2D eigenvalue weighted by Crippen LogP contribution is 2.29. The number of esters is 1. The van der Waals surface area contributed by atoms with E-state index in [0.29, 0.717) is 10.7 Å². The molecule has 0 heterocycles. The lowest BCUT2D eigenvalue weighted by Gasteiger charge is -2.23. The standard InChI is InChI=1S/C19H21ClN2O3/c1-19(2,3)14-6-4-5-7-16(14)22-17(23)11-25-18(24)13-9-8-12(20)10-15(13)21/h4-10H,11,21H2,1-3H3,(H,22,23). The zero-order chi connectivity index (χ0) is 18.6. The van der Waals surface area contributed by atoms with E-state index in [-0.39, 0.29) is 16.7 Å². The SMILES string of the molecule is CC(C)(C)c1ccccc1NC(=O)COC(=O)c1ccc(Cl)cc1N. The van der Waals surface area contributed by atoms with Gasteiger partial charge in [-0.3, -0.25) is 4.79 Å². The maximum absolute atomic E-state index is 12.1. The van der Waals surface area contributed by atoms with E-state index in [2.05, 4.69) is 26.1 Å². The summed E-state index contributed by atoms with van der Waals surface area (Å²) in [5, 5.41) is 3.20. The topological polar surface area (TPSA) is 81.4 Å². The smallest absolute Gasteiger partial charge is 0.340 e. The van der Waals surface area contributed by atoms with Crippen molar-refractivity contribution in [3.05, 3.63) is 58.6 Å². The van der Waals surface area contributed by atoms with Crippen LogP contribution in [-0.2, 0) is 14.9 Å². The van der Waals surface area contributed by atoms with Crippen molar-refractivity contribution in [2.75, 3.05) is 17.7 Å². The van der Waals surface area contributed by atoms with Crippen molar-refractivity contribution >= 4 is 34.9 Å². The van der Waals surface area contributed by atoms with Crippen LogP contribution in [0.4, 0.5) is 11.4 Å². The number of nitrogens with one attached hydrogen (secondary N) is 1. The van der Waals surface area contributed by atoms with E-state index in [1.54, 1.807) is 0 Å². The molecule has 0 atom stereocenters. The van der Waals surface area contributed by atoms with Gasteiger partial charge in [-0.05, 0) is 35.2 Å². The number of anilines is 2. The predicted molar refractivity (Wildman–Crippen MR) is 99.9 cm³/mol. The van der Waals surface area contributed by atoms with Gasteiger partial charge in [0.1, 0.15) is 0 Å². The summed E-state index contributed by atoms with van der Waals surface area (Å²) in [7, 11) is 0. The number of rotatable bonds is 4. The predicted octanol–water partition coefficient (Wildman–Crippen LogP) is 4.02. The molecule has 0 radical (unpaired) electrons. The van der Waals surface area contributed by atoms with Crippen molar-refractivity contribution in [2.45, 2.75) is 26.2 Å². The first-order valence-corrected chi connectivity index (χ1v) is 8.18. The molecule has 0 aliphatic heterocycles. The number of hydrogen-bond donors (Lipinski definition) is 2. The van der Waals surface area contributed by atoms with Gasteiger partial charge in [0.2, 0.25) is 0 Å². The molecule has 0 fully saturated rings. The fraction of sp³-hybridized carbons (Fsp3) is 0.263. The van der Waals surface area contributed by atoms with Gasteiger partial charge < -0.3 is 15.8 Å². The molecule has 3 N–H and O–H groups in total. The molecule has 1 amide bonds. The summed E-state index contributed by atoms with van der Waals surface area (Å²) in [6.45, 7) is 5.77. The Kier molecular flexibility index (Phi) is 5.69. The molecule has 0 aliphatic rings. The van der Waals surface area contributed by atoms with Crippen molar-refractivity contribution < 1.29 is 14.3 Å². The van der Waals surface area contributed by atoms with Crippen LogP contribution >= 0.6 is 11.6 Å². The number of carbonyl (C=O) groups is 2. The number of carbonyl (C=O) groups excluding carboxylic acids is 2. The van der Waals surface area contributed by atoms with Crippen LogP contribution in [0.2, 0.25) is 5.02 Å². The quantitative estimate of drug-likeness (QED) is 0.637. The van der Waals surface area contributed by atoms with Crippen molar-refractivity contribution in [2.24, 2.45) is 0 Å². The van der Waals surface area contributed by atoms with Gasteiger partial charge in [-0.2, -0.15) is 0 Å². The number of para-hydroxylation sites is 1. The fourth-order valence-corrected chi connectivity index (χ4v) is 2.54. The molecule has 0 aromatic heterocycles. The van der Waals surface area contributed by atoms with Crippen LogP contribution in [-0.4, -0.2) is 18.5 Å². The Balaban J connectivity index is 2.01. The third kappa shape index (κ3) is 4.97. The Hall–Kier alpha value is -2.53. The highest BCUT2D eigenvalue weighted by Gasteiger charge is 2.19. The molecule has 2 aromatic carbocycles. The van der Waals surface area contributed by atoms with E-state index in [1.807, 2.05) is 24.3 Å². The molecule has 0 aliphatic carbocycles. The van der Waals surface area contributed by atoms with Gasteiger partial charge in [-0.15, -0.1) is 0 Å². The fourth-order valence-electron chi connectivity index (χ4n) is 2.36. The van der Waals surface area contributed by atoms with E-state index in [4.69, 9.17) is 22.1 Å². The van der Waals surface area contributed by atoms with Crippen LogP contribution < -0.4 is 11.1 Å². The molecule has 2 aromatic rings. The van der Waals surface area contributed by atoms with E-state index >= 15 is 0 Å². The molecule has 25 heavy (non-hydrogen) atoms. The molecule has 6 heteroatoms. The zero-order valence-electron chi connectivity index (χ0n) is 14.4. The summed E-state index contributed by atoms with van der Waals surface area (Å²) in [5.41, 5.74) is 7.68. The summed E-state index contributed by atoms with van der Waals surface area (Å²) in [6.07, 6.45) is 0. The first-order valence-electron chi connectivity index (χ1n) is 7.80. The van der Waals surface area contributed by atoms with Gasteiger partial charge in [0.15, 0.2) is 6.61 Å². The summed E-state index contributed by atoms with van der Waals surface area (Å²) in [6, 6.07) is 12.0. The average Bonchev–Trinajstić information content (AvgIpc) is 2.52. The maximum atomic E-state index is 12.1. The minimum absolute atomic E-state index is 0.127. The van der Waals surface area contributed by atoms with E-state index in [9.17, 15) is 9.59 Å². The molecular weight excluding hydrogens is 340 g/mol. The Morgan fingerprint density at radius 3 is 2.48 bits per heavy atom. The lowest BCUT2D eigenvalue weighted by atomic mass is 9.86. The number of nitrogen functional groups attached to an aromatic ring is 1. The number of amides is 1. The highest BCUT2D eigenvalue weighted by atomic mass is 35.5. The van der Waals surface area contributed by atoms with Crippen LogP contribution in [0, 0.1) is 0 Å². The molecular formula is C19H21ClN2O3. The maximum Gasteiger partial charge on any atom is 0.340 e. The molecule has 0 spiro atoms. The zero-order valence-corrected chi connectivity index (χ0v) is 15.2. The Morgan fingerprint density at radius 2 is 1.84 bits per heavy atom. The van der Waals surface area contributed by atoms with Gasteiger partial charge >= 0.3 is 5.97 Å². The molecule has 0 saturated heterocycles. The molecule has 5 nitrogen and oxygen atoms in total. The van der Waals surface area contributed by atoms with Crippen molar-refractivity contribution in [3.8, 4) is 0 Å². The van der Waals surface area contributed by atoms with E-state index < -0.39 is 18.5 Å². The number of benzene rings is 2. The molecule has 2 rings (SSSR count). The van der Waals surface area contributed by atoms with Gasteiger partial charge in [0.05, 0.1) is 5.56 Å². The molecule has 0 bridgehead atoms. The minimum atomic E-state index is -0.673. The van der Waals surface area contributed by atoms with Crippen LogP contribution in [0.1, 0.15) is 36.7 Å². The first-order chi connectivity index (χ1) is 11.7. The summed E-state index contributed by atoms with van der Waals surface area (Å²) >= 11 is 5.79. The number of nitrogens with two attached hydrogens (primary N) is 1. The van der Waals surface area contributed by atoms with Crippen molar-refractivity contribution in [3.63, 3.8) is 0 Å². The number of ether oxygens (including phenoxy) is 1. The summed E-state index contributed by atoms with van der Waals surface area (Å²) in [5.74, 6) is -1.09. The molecule has 132 valence electrons. The lowest BCUT2D eigenvalue weighted by Crippen LogP contribution is -2.23. The van der Waals surface area contributed by atoms with Gasteiger partial charge in [0.25, 0.3) is 5.91 Å². The van der Waals surface area contributed by atoms with Crippen molar-refractivity contribution in [1.29, 1.82) is 0 Å². The number of halogens is 1. The summed E-state index contributed by atoms with van der Waals surface area (Å²) < 4.78 is 5.03. The second kappa shape index (κ2) is 7.57. The molecule has 0 saturated carbocycles. The van der Waals surface area contributed by atoms with Gasteiger partial charge in [-0.1, -0.05) is 50.6 Å². The lowest BCUT2D eigenvalue weighted by molar-refractivity contribution is -0.119. The van der Waals surface area contributed by atoms with Crippen LogP contribution in [0.25, 0.3) is 0 Å². The normalized spacial score (nSPS) is 11.0. The number of hydrogen-bond acceptors (Lipinski definition) is 4. The monoisotopic (exact) mass is 360 g/mol. The van der Waals surface area contributed by atoms with Crippen LogP contribution in [0.3, 0.4) is 0 Å². The van der Waals surface area contributed by atoms with Gasteiger partial charge in [0, 0.05) is 16.4 Å². The van der Waals surface area contributed by atoms with E-state index in [0.717, 1.165) is 5.56 Å². The second-order valence-electron chi connectivity index (χ2n) is 6.65. The summed E-state index contributed by atoms with van der Waals surface area (Å²) in [4.78, 5) is 24.2. The van der Waals surface area contributed by atoms with E-state index in [1.165, 1.54) is 18.2 Å².